The highest BCUT2D eigenvalue weighted by Crippen LogP contribution is 2.11. The van der Waals surface area contributed by atoms with E-state index < -0.39 is 0 Å². The molecule has 0 saturated carbocycles. The molecule has 0 saturated heterocycles. The zero-order valence-electron chi connectivity index (χ0n) is 13.5. The van der Waals surface area contributed by atoms with Crippen molar-refractivity contribution in [3.63, 3.8) is 0 Å². The smallest absolute Gasteiger partial charge is 0.190 e. The molecule has 0 spiro atoms. The fourth-order valence-electron chi connectivity index (χ4n) is 2.36. The molecule has 0 aliphatic heterocycles. The van der Waals surface area contributed by atoms with Crippen LogP contribution >= 0.6 is 0 Å². The zero-order valence-corrected chi connectivity index (χ0v) is 13.5. The molecule has 0 aliphatic rings. The van der Waals surface area contributed by atoms with Gasteiger partial charge >= 0.3 is 0 Å². The molecule has 0 unspecified atom stereocenters. The van der Waals surface area contributed by atoms with Crippen molar-refractivity contribution in [1.29, 1.82) is 0 Å². The lowest BCUT2D eigenvalue weighted by Gasteiger charge is -2.11. The van der Waals surface area contributed by atoms with Gasteiger partial charge in [-0.25, -0.2) is 0 Å². The van der Waals surface area contributed by atoms with Crippen molar-refractivity contribution in [1.82, 2.24) is 15.8 Å². The molecule has 1 aromatic heterocycles. The lowest BCUT2D eigenvalue weighted by atomic mass is 10.1. The number of benzene rings is 1. The first-order valence-electron chi connectivity index (χ1n) is 7.61. The minimum Gasteiger partial charge on any atom is -0.361 e. The van der Waals surface area contributed by atoms with E-state index in [4.69, 9.17) is 4.52 Å². The lowest BCUT2D eigenvalue weighted by Crippen LogP contribution is -2.39. The average molecular weight is 300 g/mol. The first-order valence-corrected chi connectivity index (χ1v) is 7.61. The first-order chi connectivity index (χ1) is 10.7. The summed E-state index contributed by atoms with van der Waals surface area (Å²) in [5, 5.41) is 10.6. The summed E-state index contributed by atoms with van der Waals surface area (Å²) < 4.78 is 5.17. The molecule has 0 bridgehead atoms. The molecule has 0 amide bonds. The number of nitrogens with one attached hydrogen (secondary N) is 2. The topological polar surface area (TPSA) is 62.5 Å². The van der Waals surface area contributed by atoms with Crippen molar-refractivity contribution in [3.8, 4) is 0 Å². The first kappa shape index (κ1) is 16.1. The van der Waals surface area contributed by atoms with E-state index >= 15 is 0 Å². The maximum Gasteiger partial charge on any atom is 0.190 e. The van der Waals surface area contributed by atoms with Crippen LogP contribution in [0.2, 0.25) is 0 Å². The molecule has 0 radical (unpaired) electrons. The average Bonchev–Trinajstić information content (AvgIpc) is 2.86. The third-order valence-electron chi connectivity index (χ3n) is 3.62. The SMILES string of the molecule is CN=C(NCCc1ccccc1)NCCc1c(C)noc1C. The van der Waals surface area contributed by atoms with E-state index in [1.807, 2.05) is 19.9 Å². The summed E-state index contributed by atoms with van der Waals surface area (Å²) in [5.41, 5.74) is 3.46. The summed E-state index contributed by atoms with van der Waals surface area (Å²) in [4.78, 5) is 4.24. The molecule has 5 heteroatoms. The standard InChI is InChI=1S/C17H24N4O/c1-13-16(14(2)22-21-13)10-12-20-17(18-3)19-11-9-15-7-5-4-6-8-15/h4-8H,9-12H2,1-3H3,(H2,18,19,20). The van der Waals surface area contributed by atoms with Gasteiger partial charge in [-0.1, -0.05) is 35.5 Å². The Hall–Kier alpha value is -2.30. The van der Waals surface area contributed by atoms with E-state index in [-0.39, 0.29) is 0 Å². The minimum atomic E-state index is 0.800. The van der Waals surface area contributed by atoms with Gasteiger partial charge in [0.15, 0.2) is 5.96 Å². The molecule has 1 heterocycles. The number of hydrogen-bond acceptors (Lipinski definition) is 3. The fraction of sp³-hybridized carbons (Fsp3) is 0.412. The molecule has 5 nitrogen and oxygen atoms in total. The van der Waals surface area contributed by atoms with Crippen LogP contribution in [0.15, 0.2) is 39.8 Å². The maximum absolute atomic E-state index is 5.17. The van der Waals surface area contributed by atoms with Crippen LogP contribution in [0.25, 0.3) is 0 Å². The highest BCUT2D eigenvalue weighted by Gasteiger charge is 2.08. The number of aryl methyl sites for hydroxylation is 2. The monoisotopic (exact) mass is 300 g/mol. The Morgan fingerprint density at radius 2 is 1.77 bits per heavy atom. The van der Waals surface area contributed by atoms with Gasteiger partial charge < -0.3 is 15.2 Å². The van der Waals surface area contributed by atoms with E-state index in [0.29, 0.717) is 0 Å². The fourth-order valence-corrected chi connectivity index (χ4v) is 2.36. The molecule has 2 rings (SSSR count). The molecular weight excluding hydrogens is 276 g/mol. The predicted octanol–water partition coefficient (Wildman–Crippen LogP) is 2.24. The Morgan fingerprint density at radius 3 is 2.36 bits per heavy atom. The number of hydrogen-bond donors (Lipinski definition) is 2. The molecule has 22 heavy (non-hydrogen) atoms. The lowest BCUT2D eigenvalue weighted by molar-refractivity contribution is 0.392. The van der Waals surface area contributed by atoms with E-state index in [1.54, 1.807) is 7.05 Å². The highest BCUT2D eigenvalue weighted by atomic mass is 16.5. The van der Waals surface area contributed by atoms with Crippen LogP contribution in [0.3, 0.4) is 0 Å². The highest BCUT2D eigenvalue weighted by molar-refractivity contribution is 5.79. The van der Waals surface area contributed by atoms with Crippen LogP contribution in [0.5, 0.6) is 0 Å². The van der Waals surface area contributed by atoms with E-state index in [0.717, 1.165) is 43.3 Å². The molecule has 2 aromatic rings. The number of aromatic nitrogens is 1. The van der Waals surface area contributed by atoms with Gasteiger partial charge in [0, 0.05) is 25.7 Å². The molecule has 0 fully saturated rings. The van der Waals surface area contributed by atoms with E-state index in [2.05, 4.69) is 45.0 Å². The van der Waals surface area contributed by atoms with Gasteiger partial charge in [0.25, 0.3) is 0 Å². The van der Waals surface area contributed by atoms with Crippen molar-refractivity contribution in [3.05, 3.63) is 52.9 Å². The van der Waals surface area contributed by atoms with Crippen molar-refractivity contribution in [2.24, 2.45) is 4.99 Å². The van der Waals surface area contributed by atoms with Gasteiger partial charge in [-0.2, -0.15) is 0 Å². The second-order valence-electron chi connectivity index (χ2n) is 5.21. The number of guanidine groups is 1. The summed E-state index contributed by atoms with van der Waals surface area (Å²) in [6, 6.07) is 10.4. The number of aliphatic imine (C=N–C) groups is 1. The third-order valence-corrected chi connectivity index (χ3v) is 3.62. The Balaban J connectivity index is 1.71. The van der Waals surface area contributed by atoms with Gasteiger partial charge in [0.1, 0.15) is 5.76 Å². The van der Waals surface area contributed by atoms with Crippen LogP contribution in [0.1, 0.15) is 22.6 Å². The second-order valence-corrected chi connectivity index (χ2v) is 5.21. The van der Waals surface area contributed by atoms with Crippen molar-refractivity contribution < 1.29 is 4.52 Å². The Labute approximate surface area is 131 Å². The van der Waals surface area contributed by atoms with Crippen LogP contribution < -0.4 is 10.6 Å². The van der Waals surface area contributed by atoms with Crippen LogP contribution in [0, 0.1) is 13.8 Å². The quantitative estimate of drug-likeness (QED) is 0.634. The summed E-state index contributed by atoms with van der Waals surface area (Å²) in [6.45, 7) is 5.57. The summed E-state index contributed by atoms with van der Waals surface area (Å²) >= 11 is 0. The predicted molar refractivity (Wildman–Crippen MR) is 89.2 cm³/mol. The molecule has 118 valence electrons. The van der Waals surface area contributed by atoms with Crippen LogP contribution in [0.4, 0.5) is 0 Å². The van der Waals surface area contributed by atoms with Crippen molar-refractivity contribution >= 4 is 5.96 Å². The second kappa shape index (κ2) is 8.22. The number of nitrogens with zero attached hydrogens (tertiary/aromatic N) is 2. The van der Waals surface area contributed by atoms with Gasteiger partial charge in [-0.3, -0.25) is 4.99 Å². The van der Waals surface area contributed by atoms with Crippen molar-refractivity contribution in [2.45, 2.75) is 26.7 Å². The van der Waals surface area contributed by atoms with Gasteiger partial charge in [0.05, 0.1) is 5.69 Å². The molecule has 2 N–H and O–H groups in total. The zero-order chi connectivity index (χ0) is 15.8. The molecule has 1 aromatic carbocycles. The Morgan fingerprint density at radius 1 is 1.09 bits per heavy atom. The van der Waals surface area contributed by atoms with Gasteiger partial charge in [0.2, 0.25) is 0 Å². The van der Waals surface area contributed by atoms with Crippen LogP contribution in [-0.2, 0) is 12.8 Å². The Kier molecular flexibility index (Phi) is 6.01. The normalized spacial score (nSPS) is 11.5. The van der Waals surface area contributed by atoms with Crippen molar-refractivity contribution in [2.75, 3.05) is 20.1 Å². The third kappa shape index (κ3) is 4.62. The van der Waals surface area contributed by atoms with Crippen LogP contribution in [-0.4, -0.2) is 31.3 Å². The molecular formula is C17H24N4O. The largest absolute Gasteiger partial charge is 0.361 e. The minimum absolute atomic E-state index is 0.800. The molecule has 0 aliphatic carbocycles. The van der Waals surface area contributed by atoms with E-state index in [9.17, 15) is 0 Å². The summed E-state index contributed by atoms with van der Waals surface area (Å²) in [7, 11) is 1.79. The van der Waals surface area contributed by atoms with E-state index in [1.165, 1.54) is 11.1 Å². The summed E-state index contributed by atoms with van der Waals surface area (Å²) in [6.07, 6.45) is 1.85. The number of rotatable bonds is 6. The Bertz CT molecular complexity index is 585. The maximum atomic E-state index is 5.17. The van der Waals surface area contributed by atoms with Gasteiger partial charge in [-0.15, -0.1) is 0 Å². The molecule has 0 atom stereocenters. The summed E-state index contributed by atoms with van der Waals surface area (Å²) in [5.74, 6) is 1.72. The van der Waals surface area contributed by atoms with Gasteiger partial charge in [-0.05, 0) is 32.3 Å².